The van der Waals surface area contributed by atoms with Crippen LogP contribution in [-0.4, -0.2) is 68.1 Å². The number of carbonyl (C=O) groups is 2. The van der Waals surface area contributed by atoms with Crippen molar-refractivity contribution in [2.45, 2.75) is 57.0 Å². The largest absolute Gasteiger partial charge is 0.449 e. The molecule has 0 saturated carbocycles. The predicted molar refractivity (Wildman–Crippen MR) is 124 cm³/mol. The summed E-state index contributed by atoms with van der Waals surface area (Å²) in [7, 11) is 0. The molecule has 0 radical (unpaired) electrons. The second-order valence-corrected chi connectivity index (χ2v) is 9.20. The zero-order valence-corrected chi connectivity index (χ0v) is 20.8. The summed E-state index contributed by atoms with van der Waals surface area (Å²) in [4.78, 5) is 32.1. The van der Waals surface area contributed by atoms with Crippen molar-refractivity contribution in [3.05, 3.63) is 52.4 Å². The van der Waals surface area contributed by atoms with Gasteiger partial charge in [0.15, 0.2) is 17.3 Å². The van der Waals surface area contributed by atoms with Gasteiger partial charge < -0.3 is 25.2 Å². The fourth-order valence-electron chi connectivity index (χ4n) is 4.83. The molecule has 1 aromatic carbocycles. The van der Waals surface area contributed by atoms with Gasteiger partial charge in [-0.15, -0.1) is 12.4 Å². The summed E-state index contributed by atoms with van der Waals surface area (Å²) >= 11 is 0. The number of aliphatic hydroxyl groups is 1. The average Bonchev–Trinajstić information content (AvgIpc) is 3.46. The second-order valence-electron chi connectivity index (χ2n) is 9.20. The maximum Gasteiger partial charge on any atom is 0.449 e. The molecule has 1 aromatic heterocycles. The van der Waals surface area contributed by atoms with Gasteiger partial charge in [-0.25, -0.2) is 18.2 Å². The molecule has 2 aliphatic heterocycles. The molecule has 210 valence electrons. The smallest absolute Gasteiger partial charge is 0.394 e. The van der Waals surface area contributed by atoms with Gasteiger partial charge in [0.05, 0.1) is 24.9 Å². The third-order valence-electron chi connectivity index (χ3n) is 6.67. The molecule has 0 bridgehead atoms. The quantitative estimate of drug-likeness (QED) is 0.411. The molecular weight excluding hydrogens is 544 g/mol. The van der Waals surface area contributed by atoms with Crippen LogP contribution >= 0.6 is 12.4 Å². The fraction of sp³-hybridized carbons (Fsp3) is 0.522. The average molecular weight is 570 g/mol. The molecule has 38 heavy (non-hydrogen) atoms. The van der Waals surface area contributed by atoms with Crippen LogP contribution in [0.15, 0.2) is 12.1 Å². The van der Waals surface area contributed by atoms with Crippen LogP contribution in [0, 0.1) is 17.5 Å². The van der Waals surface area contributed by atoms with Crippen molar-refractivity contribution >= 4 is 24.2 Å². The summed E-state index contributed by atoms with van der Waals surface area (Å²) in [6, 6.07) is -0.484. The van der Waals surface area contributed by atoms with Gasteiger partial charge >= 0.3 is 6.18 Å². The normalized spacial score (nSPS) is 18.3. The highest BCUT2D eigenvalue weighted by molar-refractivity contribution is 5.94. The summed E-state index contributed by atoms with van der Waals surface area (Å²) < 4.78 is 82.4. The molecule has 2 amide bonds. The zero-order valence-electron chi connectivity index (χ0n) is 20.0. The fourth-order valence-corrected chi connectivity index (χ4v) is 4.83. The number of benzene rings is 1. The minimum atomic E-state index is -4.84. The Morgan fingerprint density at radius 2 is 1.79 bits per heavy atom. The van der Waals surface area contributed by atoms with Gasteiger partial charge in [-0.1, -0.05) is 0 Å². The molecule has 2 atom stereocenters. The lowest BCUT2D eigenvalue weighted by molar-refractivity contribution is -0.148. The Bertz CT molecular complexity index is 1210. The molecule has 0 spiro atoms. The maximum atomic E-state index is 13.9. The summed E-state index contributed by atoms with van der Waals surface area (Å²) in [5.74, 6) is -6.21. The number of carbonyl (C=O) groups excluding carboxylic acids is 2. The first kappa shape index (κ1) is 29.7. The van der Waals surface area contributed by atoms with Crippen LogP contribution in [-0.2, 0) is 30.5 Å². The van der Waals surface area contributed by atoms with Crippen molar-refractivity contribution in [3.63, 3.8) is 0 Å². The number of aromatic nitrogens is 2. The standard InChI is InChI=1S/C23H25F6N5O3.ClH/c24-15-9-17(26)16(25)7-12(15)6-13(30)8-19(36)32-4-5-34-18(10-32)20(31-22(34)23(27,28)29)21(37)33-3-1-2-14(33)11-35;/h7,9,13-14,35H,1-6,8,10-11,30H2;1H/t13?,14-;/m1./s1. The van der Waals surface area contributed by atoms with Crippen molar-refractivity contribution < 1.29 is 41.0 Å². The summed E-state index contributed by atoms with van der Waals surface area (Å²) in [6.07, 6.45) is -4.37. The number of alkyl halides is 3. The number of hydrogen-bond donors (Lipinski definition) is 2. The number of likely N-dealkylation sites (tertiary alicyclic amines) is 1. The topological polar surface area (TPSA) is 105 Å². The van der Waals surface area contributed by atoms with E-state index in [0.717, 1.165) is 4.57 Å². The van der Waals surface area contributed by atoms with Crippen molar-refractivity contribution in [2.75, 3.05) is 19.7 Å². The molecule has 1 saturated heterocycles. The number of imidazole rings is 1. The number of nitrogens with two attached hydrogens (primary N) is 1. The number of nitrogens with zero attached hydrogens (tertiary/aromatic N) is 4. The van der Waals surface area contributed by atoms with Crippen LogP contribution in [0.5, 0.6) is 0 Å². The van der Waals surface area contributed by atoms with Crippen LogP contribution in [0.25, 0.3) is 0 Å². The van der Waals surface area contributed by atoms with Crippen molar-refractivity contribution in [3.8, 4) is 0 Å². The molecule has 8 nitrogen and oxygen atoms in total. The molecule has 1 unspecified atom stereocenters. The Kier molecular flexibility index (Phi) is 8.99. The predicted octanol–water partition coefficient (Wildman–Crippen LogP) is 2.64. The molecular formula is C23H26ClF6N5O3. The highest BCUT2D eigenvalue weighted by atomic mass is 35.5. The second kappa shape index (κ2) is 11.5. The van der Waals surface area contributed by atoms with E-state index in [-0.39, 0.29) is 69.3 Å². The minimum absolute atomic E-state index is 0. The highest BCUT2D eigenvalue weighted by Crippen LogP contribution is 2.33. The van der Waals surface area contributed by atoms with E-state index in [1.54, 1.807) is 0 Å². The van der Waals surface area contributed by atoms with Gasteiger partial charge in [-0.05, 0) is 30.9 Å². The third-order valence-corrected chi connectivity index (χ3v) is 6.67. The van der Waals surface area contributed by atoms with Gasteiger partial charge in [0.2, 0.25) is 11.7 Å². The first-order valence-electron chi connectivity index (χ1n) is 11.7. The molecule has 2 aromatic rings. The van der Waals surface area contributed by atoms with Gasteiger partial charge in [0.25, 0.3) is 5.91 Å². The van der Waals surface area contributed by atoms with E-state index in [9.17, 15) is 41.0 Å². The number of aliphatic hydroxyl groups excluding tert-OH is 1. The Morgan fingerprint density at radius 3 is 2.45 bits per heavy atom. The van der Waals surface area contributed by atoms with Crippen LogP contribution < -0.4 is 5.73 Å². The highest BCUT2D eigenvalue weighted by Gasteiger charge is 2.43. The molecule has 15 heteroatoms. The molecule has 3 N–H and O–H groups in total. The minimum Gasteiger partial charge on any atom is -0.394 e. The molecule has 4 rings (SSSR count). The van der Waals surface area contributed by atoms with E-state index in [4.69, 9.17) is 5.73 Å². The Morgan fingerprint density at radius 1 is 1.11 bits per heavy atom. The van der Waals surface area contributed by atoms with E-state index in [1.165, 1.54) is 9.80 Å². The van der Waals surface area contributed by atoms with Gasteiger partial charge in [-0.2, -0.15) is 13.2 Å². The summed E-state index contributed by atoms with van der Waals surface area (Å²) in [6.45, 7) is -0.807. The molecule has 0 aliphatic carbocycles. The number of rotatable bonds is 6. The lowest BCUT2D eigenvalue weighted by atomic mass is 10.0. The molecule has 2 aliphatic rings. The first-order chi connectivity index (χ1) is 17.4. The number of fused-ring (bicyclic) bond motifs is 1. The van der Waals surface area contributed by atoms with Crippen LogP contribution in [0.4, 0.5) is 26.3 Å². The van der Waals surface area contributed by atoms with Gasteiger partial charge in [-0.3, -0.25) is 9.59 Å². The Hall–Kier alpha value is -2.84. The summed E-state index contributed by atoms with van der Waals surface area (Å²) in [5.41, 5.74) is 5.20. The monoisotopic (exact) mass is 569 g/mol. The zero-order chi connectivity index (χ0) is 27.1. The number of amides is 2. The van der Waals surface area contributed by atoms with E-state index < -0.39 is 59.0 Å². The van der Waals surface area contributed by atoms with Gasteiger partial charge in [0.1, 0.15) is 5.82 Å². The Labute approximate surface area is 219 Å². The Balaban J connectivity index is 0.00000400. The molecule has 1 fully saturated rings. The van der Waals surface area contributed by atoms with Crippen LogP contribution in [0.2, 0.25) is 0 Å². The lowest BCUT2D eigenvalue weighted by Crippen LogP contribution is -2.43. The maximum absolute atomic E-state index is 13.9. The van der Waals surface area contributed by atoms with E-state index in [1.807, 2.05) is 0 Å². The van der Waals surface area contributed by atoms with E-state index >= 15 is 0 Å². The van der Waals surface area contributed by atoms with Crippen LogP contribution in [0.1, 0.15) is 46.8 Å². The number of halogens is 7. The van der Waals surface area contributed by atoms with Crippen molar-refractivity contribution in [2.24, 2.45) is 5.73 Å². The third kappa shape index (κ3) is 5.91. The van der Waals surface area contributed by atoms with Gasteiger partial charge in [0, 0.05) is 38.2 Å². The van der Waals surface area contributed by atoms with Crippen LogP contribution in [0.3, 0.4) is 0 Å². The van der Waals surface area contributed by atoms with E-state index in [2.05, 4.69) is 4.98 Å². The SMILES string of the molecule is Cl.NC(CC(=O)N1CCn2c(C(F)(F)F)nc(C(=O)N3CCC[C@@H]3CO)c2C1)Cc1cc(F)c(F)cc1F. The number of hydrogen-bond acceptors (Lipinski definition) is 5. The first-order valence-corrected chi connectivity index (χ1v) is 11.7. The van der Waals surface area contributed by atoms with Crippen molar-refractivity contribution in [1.82, 2.24) is 19.4 Å². The van der Waals surface area contributed by atoms with E-state index in [0.29, 0.717) is 25.0 Å². The lowest BCUT2D eigenvalue weighted by Gasteiger charge is -2.31. The summed E-state index contributed by atoms with van der Waals surface area (Å²) in [5, 5.41) is 9.53. The van der Waals surface area contributed by atoms with Crippen molar-refractivity contribution in [1.29, 1.82) is 0 Å². The molecule has 3 heterocycles.